The van der Waals surface area contributed by atoms with Crippen molar-refractivity contribution in [2.75, 3.05) is 6.54 Å². The number of carbonyl (C=O) groups excluding carboxylic acids is 1. The van der Waals surface area contributed by atoms with Crippen molar-refractivity contribution in [2.24, 2.45) is 0 Å². The molecule has 1 amide bonds. The van der Waals surface area contributed by atoms with Gasteiger partial charge >= 0.3 is 0 Å². The van der Waals surface area contributed by atoms with Gasteiger partial charge < -0.3 is 14.4 Å². The molecule has 1 aliphatic carbocycles. The minimum absolute atomic E-state index is 0.0160. The summed E-state index contributed by atoms with van der Waals surface area (Å²) in [5.41, 5.74) is 0.426. The zero-order chi connectivity index (χ0) is 14.2. The summed E-state index contributed by atoms with van der Waals surface area (Å²) in [6.45, 7) is 0.746. The third-order valence-corrected chi connectivity index (χ3v) is 4.33. The number of piperidine rings is 1. The number of likely N-dealkylation sites (tertiary alicyclic amines) is 1. The van der Waals surface area contributed by atoms with Gasteiger partial charge in [0, 0.05) is 30.9 Å². The number of aromatic nitrogens is 3. The zero-order valence-electron chi connectivity index (χ0n) is 11.8. The minimum Gasteiger partial charge on any atom is -0.360 e. The fourth-order valence-electron chi connectivity index (χ4n) is 3.02. The monoisotopic (exact) mass is 286 g/mol. The van der Waals surface area contributed by atoms with Crippen molar-refractivity contribution in [1.82, 2.24) is 20.0 Å². The maximum Gasteiger partial charge on any atom is 0.276 e. The summed E-state index contributed by atoms with van der Waals surface area (Å²) in [5.74, 6) is 2.13. The van der Waals surface area contributed by atoms with Gasteiger partial charge in [-0.25, -0.2) is 4.98 Å². The van der Waals surface area contributed by atoms with E-state index >= 15 is 0 Å². The maximum atomic E-state index is 12.7. The number of rotatable bonds is 3. The molecule has 6 nitrogen and oxygen atoms in total. The topological polar surface area (TPSA) is 75.0 Å². The second kappa shape index (κ2) is 5.02. The Morgan fingerprint density at radius 2 is 2.24 bits per heavy atom. The van der Waals surface area contributed by atoms with E-state index < -0.39 is 0 Å². The number of imidazole rings is 1. The second-order valence-electron chi connectivity index (χ2n) is 5.87. The van der Waals surface area contributed by atoms with Crippen LogP contribution in [0.5, 0.6) is 0 Å². The molecule has 2 aliphatic rings. The molecule has 0 bridgehead atoms. The molecule has 2 fully saturated rings. The fourth-order valence-corrected chi connectivity index (χ4v) is 3.02. The first-order valence-electron chi connectivity index (χ1n) is 7.60. The summed E-state index contributed by atoms with van der Waals surface area (Å²) < 4.78 is 5.31. The van der Waals surface area contributed by atoms with Gasteiger partial charge in [0.15, 0.2) is 5.69 Å². The molecule has 2 aromatic heterocycles. The predicted molar refractivity (Wildman–Crippen MR) is 74.7 cm³/mol. The minimum atomic E-state index is -0.0493. The lowest BCUT2D eigenvalue weighted by molar-refractivity contribution is 0.0590. The van der Waals surface area contributed by atoms with Crippen LogP contribution in [-0.4, -0.2) is 32.5 Å². The number of aromatic amines is 1. The Labute approximate surface area is 122 Å². The van der Waals surface area contributed by atoms with Crippen LogP contribution < -0.4 is 0 Å². The molecule has 3 heterocycles. The Kier molecular flexibility index (Phi) is 3.02. The van der Waals surface area contributed by atoms with E-state index in [4.69, 9.17) is 4.52 Å². The van der Waals surface area contributed by atoms with Crippen molar-refractivity contribution in [2.45, 2.75) is 44.1 Å². The molecule has 1 atom stereocenters. The van der Waals surface area contributed by atoms with E-state index in [9.17, 15) is 4.79 Å². The molecular weight excluding hydrogens is 268 g/mol. The molecule has 1 unspecified atom stereocenters. The first kappa shape index (κ1) is 12.6. The summed E-state index contributed by atoms with van der Waals surface area (Å²) in [5, 5.41) is 3.97. The summed E-state index contributed by atoms with van der Waals surface area (Å²) in [6, 6.07) is 1.83. The first-order valence-corrected chi connectivity index (χ1v) is 7.60. The van der Waals surface area contributed by atoms with E-state index in [2.05, 4.69) is 15.1 Å². The van der Waals surface area contributed by atoms with Crippen molar-refractivity contribution >= 4 is 5.91 Å². The molecule has 1 saturated carbocycles. The third kappa shape index (κ3) is 2.34. The highest BCUT2D eigenvalue weighted by atomic mass is 16.5. The van der Waals surface area contributed by atoms with E-state index in [-0.39, 0.29) is 11.9 Å². The van der Waals surface area contributed by atoms with Gasteiger partial charge in [0.1, 0.15) is 11.6 Å². The lowest BCUT2D eigenvalue weighted by Crippen LogP contribution is -2.39. The van der Waals surface area contributed by atoms with Crippen LogP contribution in [0.4, 0.5) is 0 Å². The largest absolute Gasteiger partial charge is 0.360 e. The van der Waals surface area contributed by atoms with Crippen LogP contribution in [0.1, 0.15) is 66.1 Å². The number of amides is 1. The highest BCUT2D eigenvalue weighted by Gasteiger charge is 2.33. The summed E-state index contributed by atoms with van der Waals surface area (Å²) in [7, 11) is 0. The number of H-pyrrole nitrogens is 1. The number of nitrogens with one attached hydrogen (secondary N) is 1. The Balaban J connectivity index is 1.58. The molecule has 0 aromatic carbocycles. The van der Waals surface area contributed by atoms with Crippen molar-refractivity contribution in [1.29, 1.82) is 0 Å². The highest BCUT2D eigenvalue weighted by Crippen LogP contribution is 2.40. The SMILES string of the molecule is O=C(c1cc(C2CC2)on1)N1CCCCC1c1ncc[nH]1. The molecule has 1 N–H and O–H groups in total. The smallest absolute Gasteiger partial charge is 0.276 e. The van der Waals surface area contributed by atoms with E-state index in [1.165, 1.54) is 0 Å². The Morgan fingerprint density at radius 1 is 1.33 bits per heavy atom. The molecule has 21 heavy (non-hydrogen) atoms. The van der Waals surface area contributed by atoms with Gasteiger partial charge in [-0.2, -0.15) is 0 Å². The molecular formula is C15H18N4O2. The standard InChI is InChI=1S/C15H18N4O2/c20-15(11-9-13(21-18-11)10-4-5-10)19-8-2-1-3-12(19)14-16-6-7-17-14/h6-7,9-10,12H,1-5,8H2,(H,16,17). The van der Waals surface area contributed by atoms with E-state index in [1.807, 2.05) is 11.0 Å². The van der Waals surface area contributed by atoms with Crippen molar-refractivity contribution in [3.05, 3.63) is 35.7 Å². The molecule has 110 valence electrons. The van der Waals surface area contributed by atoms with Crippen LogP contribution in [0.2, 0.25) is 0 Å². The van der Waals surface area contributed by atoms with Crippen molar-refractivity contribution in [3.63, 3.8) is 0 Å². The van der Waals surface area contributed by atoms with Gasteiger partial charge in [-0.1, -0.05) is 5.16 Å². The van der Waals surface area contributed by atoms with Crippen LogP contribution in [0.3, 0.4) is 0 Å². The number of hydrogen-bond donors (Lipinski definition) is 1. The Hall–Kier alpha value is -2.11. The maximum absolute atomic E-state index is 12.7. The zero-order valence-corrected chi connectivity index (χ0v) is 11.8. The lowest BCUT2D eigenvalue weighted by atomic mass is 10.0. The fraction of sp³-hybridized carbons (Fsp3) is 0.533. The predicted octanol–water partition coefficient (Wildman–Crippen LogP) is 2.64. The normalized spacial score (nSPS) is 22.5. The third-order valence-electron chi connectivity index (χ3n) is 4.33. The average molecular weight is 286 g/mol. The summed E-state index contributed by atoms with van der Waals surface area (Å²) >= 11 is 0. The van der Waals surface area contributed by atoms with Gasteiger partial charge in [-0.15, -0.1) is 0 Å². The van der Waals surface area contributed by atoms with Gasteiger partial charge in [-0.3, -0.25) is 4.79 Å². The van der Waals surface area contributed by atoms with E-state index in [1.54, 1.807) is 12.4 Å². The van der Waals surface area contributed by atoms with Crippen molar-refractivity contribution in [3.8, 4) is 0 Å². The van der Waals surface area contributed by atoms with Gasteiger partial charge in [0.25, 0.3) is 5.91 Å². The number of nitrogens with zero attached hydrogens (tertiary/aromatic N) is 3. The number of carbonyl (C=O) groups is 1. The average Bonchev–Trinajstić information content (AvgIpc) is 3.05. The lowest BCUT2D eigenvalue weighted by Gasteiger charge is -2.33. The molecule has 2 aromatic rings. The Morgan fingerprint density at radius 3 is 3.00 bits per heavy atom. The van der Waals surface area contributed by atoms with Crippen LogP contribution in [0, 0.1) is 0 Å². The van der Waals surface area contributed by atoms with Gasteiger partial charge in [0.05, 0.1) is 6.04 Å². The van der Waals surface area contributed by atoms with E-state index in [0.29, 0.717) is 11.6 Å². The van der Waals surface area contributed by atoms with E-state index in [0.717, 1.165) is 50.2 Å². The van der Waals surface area contributed by atoms with Gasteiger partial charge in [0.2, 0.25) is 0 Å². The van der Waals surface area contributed by atoms with Crippen LogP contribution in [0.25, 0.3) is 0 Å². The molecule has 0 radical (unpaired) electrons. The van der Waals surface area contributed by atoms with Gasteiger partial charge in [-0.05, 0) is 32.1 Å². The van der Waals surface area contributed by atoms with Crippen molar-refractivity contribution < 1.29 is 9.32 Å². The molecule has 6 heteroatoms. The number of hydrogen-bond acceptors (Lipinski definition) is 4. The van der Waals surface area contributed by atoms with Crippen LogP contribution in [-0.2, 0) is 0 Å². The first-order chi connectivity index (χ1) is 10.3. The molecule has 1 aliphatic heterocycles. The summed E-state index contributed by atoms with van der Waals surface area (Å²) in [4.78, 5) is 22.0. The second-order valence-corrected chi connectivity index (χ2v) is 5.87. The molecule has 0 spiro atoms. The van der Waals surface area contributed by atoms with Crippen LogP contribution in [0.15, 0.2) is 23.0 Å². The highest BCUT2D eigenvalue weighted by molar-refractivity contribution is 5.92. The van der Waals surface area contributed by atoms with Crippen LogP contribution >= 0.6 is 0 Å². The summed E-state index contributed by atoms with van der Waals surface area (Å²) in [6.07, 6.45) is 8.88. The quantitative estimate of drug-likeness (QED) is 0.941. The Bertz CT molecular complexity index is 630. The molecule has 1 saturated heterocycles. The molecule has 4 rings (SSSR count).